The van der Waals surface area contributed by atoms with E-state index in [0.29, 0.717) is 38.1 Å². The highest BCUT2D eigenvalue weighted by molar-refractivity contribution is 7.89. The van der Waals surface area contributed by atoms with E-state index in [2.05, 4.69) is 5.32 Å². The quantitative estimate of drug-likeness (QED) is 0.744. The molecule has 0 saturated carbocycles. The van der Waals surface area contributed by atoms with Crippen LogP contribution in [0.25, 0.3) is 0 Å². The lowest BCUT2D eigenvalue weighted by Gasteiger charge is -2.31. The van der Waals surface area contributed by atoms with Crippen LogP contribution in [-0.2, 0) is 21.2 Å². The number of amides is 1. The van der Waals surface area contributed by atoms with Gasteiger partial charge in [0.2, 0.25) is 10.0 Å². The van der Waals surface area contributed by atoms with Crippen molar-refractivity contribution in [2.24, 2.45) is 0 Å². The van der Waals surface area contributed by atoms with Gasteiger partial charge >= 0.3 is 0 Å². The van der Waals surface area contributed by atoms with Crippen LogP contribution in [0, 0.1) is 0 Å². The molecule has 0 spiro atoms. The number of rotatable bonds is 7. The van der Waals surface area contributed by atoms with E-state index in [0.717, 1.165) is 17.7 Å². The highest BCUT2D eigenvalue weighted by Crippen LogP contribution is 2.41. The fraction of sp³-hybridized carbons (Fsp3) is 0.650. The summed E-state index contributed by atoms with van der Waals surface area (Å²) in [7, 11) is -3.16. The fourth-order valence-electron chi connectivity index (χ4n) is 3.78. The average molecular weight is 411 g/mol. The normalized spacial score (nSPS) is 19.7. The minimum absolute atomic E-state index is 0.0270. The first kappa shape index (κ1) is 20.9. The fourth-order valence-corrected chi connectivity index (χ4v) is 5.32. The van der Waals surface area contributed by atoms with Crippen LogP contribution in [0.4, 0.5) is 0 Å². The number of ether oxygens (including phenoxy) is 2. The molecule has 1 fully saturated rings. The Bertz CT molecular complexity index is 814. The van der Waals surface area contributed by atoms with Gasteiger partial charge in [-0.2, -0.15) is 0 Å². The maximum atomic E-state index is 12.3. The molecule has 1 amide bonds. The second-order valence-electron chi connectivity index (χ2n) is 8.13. The lowest BCUT2D eigenvalue weighted by atomic mass is 10.0. The molecule has 3 rings (SSSR count). The van der Waals surface area contributed by atoms with Crippen LogP contribution in [0.3, 0.4) is 0 Å². The summed E-state index contributed by atoms with van der Waals surface area (Å²) in [6.45, 7) is 6.72. The number of fused-ring (bicyclic) bond motifs is 1. The van der Waals surface area contributed by atoms with Crippen molar-refractivity contribution in [1.29, 1.82) is 0 Å². The van der Waals surface area contributed by atoms with E-state index in [-0.39, 0.29) is 29.9 Å². The summed E-state index contributed by atoms with van der Waals surface area (Å²) in [6.07, 6.45) is 2.66. The highest BCUT2D eigenvalue weighted by atomic mass is 32.2. The van der Waals surface area contributed by atoms with Crippen LogP contribution in [0.1, 0.15) is 45.6 Å². The van der Waals surface area contributed by atoms with Crippen molar-refractivity contribution in [3.8, 4) is 11.5 Å². The number of carbonyl (C=O) groups is 1. The van der Waals surface area contributed by atoms with Gasteiger partial charge in [-0.1, -0.05) is 19.1 Å². The Hall–Kier alpha value is -1.80. The smallest absolute Gasteiger partial charge is 0.258 e. The number of piperidine rings is 1. The molecule has 0 radical (unpaired) electrons. The summed E-state index contributed by atoms with van der Waals surface area (Å²) in [5, 5.41) is 2.95. The van der Waals surface area contributed by atoms with E-state index in [9.17, 15) is 13.2 Å². The van der Waals surface area contributed by atoms with Crippen molar-refractivity contribution in [2.75, 3.05) is 25.4 Å². The molecule has 8 heteroatoms. The van der Waals surface area contributed by atoms with E-state index in [4.69, 9.17) is 9.47 Å². The maximum Gasteiger partial charge on any atom is 0.258 e. The number of carbonyl (C=O) groups excluding carboxylic acids is 1. The van der Waals surface area contributed by atoms with Gasteiger partial charge in [0.1, 0.15) is 5.60 Å². The minimum Gasteiger partial charge on any atom is -0.483 e. The summed E-state index contributed by atoms with van der Waals surface area (Å²) in [5.74, 6) is 1.27. The Morgan fingerprint density at radius 3 is 2.71 bits per heavy atom. The second-order valence-corrected chi connectivity index (χ2v) is 10.2. The monoisotopic (exact) mass is 410 g/mol. The second kappa shape index (κ2) is 8.29. The summed E-state index contributed by atoms with van der Waals surface area (Å²) < 4.78 is 37.4. The van der Waals surface area contributed by atoms with Gasteiger partial charge in [-0.3, -0.25) is 4.79 Å². The number of nitrogens with one attached hydrogen (secondary N) is 1. The first-order chi connectivity index (χ1) is 13.2. The van der Waals surface area contributed by atoms with Crippen molar-refractivity contribution in [2.45, 2.75) is 58.1 Å². The van der Waals surface area contributed by atoms with Gasteiger partial charge in [-0.15, -0.1) is 0 Å². The molecule has 2 aliphatic heterocycles. The van der Waals surface area contributed by atoms with E-state index < -0.39 is 10.0 Å². The molecule has 7 nitrogen and oxygen atoms in total. The van der Waals surface area contributed by atoms with Gasteiger partial charge in [0.05, 0.1) is 5.75 Å². The number of hydrogen-bond acceptors (Lipinski definition) is 5. The van der Waals surface area contributed by atoms with Crippen molar-refractivity contribution in [3.63, 3.8) is 0 Å². The third-order valence-electron chi connectivity index (χ3n) is 5.09. The zero-order chi connectivity index (χ0) is 20.4. The zero-order valence-electron chi connectivity index (χ0n) is 16.9. The third kappa shape index (κ3) is 4.97. The molecular weight excluding hydrogens is 380 g/mol. The van der Waals surface area contributed by atoms with E-state index >= 15 is 0 Å². The van der Waals surface area contributed by atoms with Crippen LogP contribution < -0.4 is 14.8 Å². The number of sulfonamides is 1. The largest absolute Gasteiger partial charge is 0.483 e. The average Bonchev–Trinajstić information content (AvgIpc) is 2.94. The van der Waals surface area contributed by atoms with Gasteiger partial charge in [0, 0.05) is 31.1 Å². The highest BCUT2D eigenvalue weighted by Gasteiger charge is 2.32. The molecular formula is C20H30N2O5S. The Kier molecular flexibility index (Phi) is 6.19. The lowest BCUT2D eigenvalue weighted by molar-refractivity contribution is -0.124. The Labute approximate surface area is 167 Å². The molecule has 0 bridgehead atoms. The van der Waals surface area contributed by atoms with Crippen molar-refractivity contribution >= 4 is 15.9 Å². The van der Waals surface area contributed by atoms with Crippen molar-refractivity contribution in [1.82, 2.24) is 9.62 Å². The van der Waals surface area contributed by atoms with Crippen LogP contribution in [0.15, 0.2) is 18.2 Å². The molecule has 2 heterocycles. The predicted molar refractivity (Wildman–Crippen MR) is 107 cm³/mol. The van der Waals surface area contributed by atoms with Gasteiger partial charge in [-0.05, 0) is 39.2 Å². The number of hydrogen-bond donors (Lipinski definition) is 1. The summed E-state index contributed by atoms with van der Waals surface area (Å²) in [5.41, 5.74) is 0.819. The predicted octanol–water partition coefficient (Wildman–Crippen LogP) is 2.10. The molecule has 0 atom stereocenters. The van der Waals surface area contributed by atoms with Crippen LogP contribution in [0.5, 0.6) is 11.5 Å². The van der Waals surface area contributed by atoms with Gasteiger partial charge in [-0.25, -0.2) is 12.7 Å². The van der Waals surface area contributed by atoms with E-state index in [1.54, 1.807) is 0 Å². The van der Waals surface area contributed by atoms with Gasteiger partial charge in [0.15, 0.2) is 18.1 Å². The Morgan fingerprint density at radius 2 is 2.04 bits per heavy atom. The molecule has 0 unspecified atom stereocenters. The summed E-state index contributed by atoms with van der Waals surface area (Å²) >= 11 is 0. The standard InChI is InChI=1S/C20H30N2O5S/c1-4-12-28(24,25)22-10-8-16(9-11-22)21-18(23)14-26-17-7-5-6-15-13-20(2,3)27-19(15)17/h5-7,16H,4,8-14H2,1-3H3,(H,21,23). The Morgan fingerprint density at radius 1 is 1.32 bits per heavy atom. The topological polar surface area (TPSA) is 84.9 Å². The van der Waals surface area contributed by atoms with Crippen molar-refractivity contribution in [3.05, 3.63) is 23.8 Å². The first-order valence-electron chi connectivity index (χ1n) is 9.91. The molecule has 1 saturated heterocycles. The number of benzene rings is 1. The lowest BCUT2D eigenvalue weighted by Crippen LogP contribution is -2.47. The van der Waals surface area contributed by atoms with Crippen LogP contribution in [0.2, 0.25) is 0 Å². The summed E-state index contributed by atoms with van der Waals surface area (Å²) in [6, 6.07) is 5.70. The summed E-state index contributed by atoms with van der Waals surface area (Å²) in [4.78, 5) is 12.3. The molecule has 1 aromatic rings. The molecule has 28 heavy (non-hydrogen) atoms. The van der Waals surface area contributed by atoms with Crippen LogP contribution >= 0.6 is 0 Å². The first-order valence-corrected chi connectivity index (χ1v) is 11.5. The molecule has 0 aliphatic carbocycles. The third-order valence-corrected chi connectivity index (χ3v) is 7.16. The molecule has 1 aromatic carbocycles. The van der Waals surface area contributed by atoms with Crippen molar-refractivity contribution < 1.29 is 22.7 Å². The molecule has 0 aromatic heterocycles. The van der Waals surface area contributed by atoms with E-state index in [1.165, 1.54) is 4.31 Å². The van der Waals surface area contributed by atoms with Crippen LogP contribution in [-0.4, -0.2) is 55.7 Å². The molecule has 156 valence electrons. The Balaban J connectivity index is 1.47. The maximum absolute atomic E-state index is 12.3. The minimum atomic E-state index is -3.16. The molecule has 1 N–H and O–H groups in total. The number of nitrogens with zero attached hydrogens (tertiary/aromatic N) is 1. The van der Waals surface area contributed by atoms with E-state index in [1.807, 2.05) is 39.0 Å². The van der Waals surface area contributed by atoms with Gasteiger partial charge in [0.25, 0.3) is 5.91 Å². The molecule has 2 aliphatic rings. The SMILES string of the molecule is CCCS(=O)(=O)N1CCC(NC(=O)COc2cccc3c2OC(C)(C)C3)CC1. The zero-order valence-corrected chi connectivity index (χ0v) is 17.7. The number of para-hydroxylation sites is 1. The van der Waals surface area contributed by atoms with Gasteiger partial charge < -0.3 is 14.8 Å².